The highest BCUT2D eigenvalue weighted by atomic mass is 16.5. The van der Waals surface area contributed by atoms with Crippen LogP contribution in [-0.4, -0.2) is 17.4 Å². The lowest BCUT2D eigenvalue weighted by Crippen LogP contribution is -2.00. The standard InChI is InChI=1S/C11H11NO2/c1-3-7-14-9-5-6-10(12-8-9)11(13)4-2/h1,5-6,8H,4,7H2,2H3. The molecule has 0 amide bonds. The van der Waals surface area contributed by atoms with Gasteiger partial charge in [0.25, 0.3) is 0 Å². The van der Waals surface area contributed by atoms with Crippen molar-refractivity contribution in [2.24, 2.45) is 0 Å². The number of ketones is 1. The van der Waals surface area contributed by atoms with Gasteiger partial charge in [0.05, 0.1) is 6.20 Å². The highest BCUT2D eigenvalue weighted by Gasteiger charge is 2.03. The zero-order chi connectivity index (χ0) is 10.4. The van der Waals surface area contributed by atoms with Crippen molar-refractivity contribution >= 4 is 5.78 Å². The average molecular weight is 189 g/mol. The first-order valence-electron chi connectivity index (χ1n) is 4.33. The molecule has 0 saturated heterocycles. The van der Waals surface area contributed by atoms with Gasteiger partial charge in [-0.2, -0.15) is 0 Å². The molecule has 1 heterocycles. The molecule has 0 fully saturated rings. The van der Waals surface area contributed by atoms with Crippen LogP contribution in [0.3, 0.4) is 0 Å². The van der Waals surface area contributed by atoms with Crippen LogP contribution in [0, 0.1) is 12.3 Å². The number of rotatable bonds is 4. The molecular weight excluding hydrogens is 178 g/mol. The molecular formula is C11H11NO2. The van der Waals surface area contributed by atoms with Crippen molar-refractivity contribution in [3.05, 3.63) is 24.0 Å². The van der Waals surface area contributed by atoms with E-state index in [1.54, 1.807) is 19.1 Å². The second-order valence-electron chi connectivity index (χ2n) is 2.65. The molecule has 0 spiro atoms. The lowest BCUT2D eigenvalue weighted by atomic mass is 10.2. The topological polar surface area (TPSA) is 39.2 Å². The largest absolute Gasteiger partial charge is 0.479 e. The third-order valence-electron chi connectivity index (χ3n) is 1.67. The molecule has 1 aromatic rings. The van der Waals surface area contributed by atoms with Crippen molar-refractivity contribution in [2.75, 3.05) is 6.61 Å². The van der Waals surface area contributed by atoms with Crippen molar-refractivity contribution in [1.29, 1.82) is 0 Å². The maximum atomic E-state index is 11.2. The number of carbonyl (C=O) groups is 1. The van der Waals surface area contributed by atoms with E-state index >= 15 is 0 Å². The number of nitrogens with zero attached hydrogens (tertiary/aromatic N) is 1. The minimum absolute atomic E-state index is 0.0218. The first-order valence-corrected chi connectivity index (χ1v) is 4.33. The molecule has 1 rings (SSSR count). The SMILES string of the molecule is C#CCOc1ccc(C(=O)CC)nc1. The number of carbonyl (C=O) groups excluding carboxylic acids is 1. The molecule has 14 heavy (non-hydrogen) atoms. The molecule has 0 radical (unpaired) electrons. The van der Waals surface area contributed by atoms with E-state index in [4.69, 9.17) is 11.2 Å². The van der Waals surface area contributed by atoms with Crippen molar-refractivity contribution in [3.8, 4) is 18.1 Å². The van der Waals surface area contributed by atoms with Crippen LogP contribution in [-0.2, 0) is 0 Å². The number of hydrogen-bond acceptors (Lipinski definition) is 3. The summed E-state index contributed by atoms with van der Waals surface area (Å²) in [4.78, 5) is 15.2. The number of aromatic nitrogens is 1. The predicted octanol–water partition coefficient (Wildman–Crippen LogP) is 1.69. The van der Waals surface area contributed by atoms with E-state index < -0.39 is 0 Å². The molecule has 72 valence electrons. The first kappa shape index (κ1) is 10.3. The quantitative estimate of drug-likeness (QED) is 0.534. The Balaban J connectivity index is 2.69. The summed E-state index contributed by atoms with van der Waals surface area (Å²) in [5.41, 5.74) is 0.459. The van der Waals surface area contributed by atoms with Crippen molar-refractivity contribution in [1.82, 2.24) is 4.98 Å². The van der Waals surface area contributed by atoms with E-state index in [1.165, 1.54) is 6.20 Å². The highest BCUT2D eigenvalue weighted by molar-refractivity contribution is 5.93. The molecule has 3 heteroatoms. The van der Waals surface area contributed by atoms with Gasteiger partial charge in [0.2, 0.25) is 0 Å². The summed E-state index contributed by atoms with van der Waals surface area (Å²) in [6.45, 7) is 2.01. The van der Waals surface area contributed by atoms with Gasteiger partial charge in [-0.1, -0.05) is 12.8 Å². The Morgan fingerprint density at radius 1 is 1.64 bits per heavy atom. The molecule has 0 aliphatic rings. The summed E-state index contributed by atoms with van der Waals surface area (Å²) in [6, 6.07) is 3.32. The van der Waals surface area contributed by atoms with E-state index in [-0.39, 0.29) is 12.4 Å². The van der Waals surface area contributed by atoms with E-state index in [2.05, 4.69) is 10.9 Å². The normalized spacial score (nSPS) is 9.14. The molecule has 0 aliphatic heterocycles. The van der Waals surface area contributed by atoms with Gasteiger partial charge in [-0.25, -0.2) is 4.98 Å². The maximum absolute atomic E-state index is 11.2. The Hall–Kier alpha value is -1.82. The second kappa shape index (κ2) is 5.03. The van der Waals surface area contributed by atoms with Crippen LogP contribution in [0.1, 0.15) is 23.8 Å². The van der Waals surface area contributed by atoms with E-state index in [1.807, 2.05) is 0 Å². The van der Waals surface area contributed by atoms with Gasteiger partial charge in [0.15, 0.2) is 5.78 Å². The van der Waals surface area contributed by atoms with Crippen LogP contribution in [0.2, 0.25) is 0 Å². The van der Waals surface area contributed by atoms with Gasteiger partial charge >= 0.3 is 0 Å². The fourth-order valence-electron chi connectivity index (χ4n) is 0.937. The van der Waals surface area contributed by atoms with Crippen LogP contribution >= 0.6 is 0 Å². The van der Waals surface area contributed by atoms with E-state index in [0.717, 1.165) is 0 Å². The van der Waals surface area contributed by atoms with Crippen LogP contribution in [0.25, 0.3) is 0 Å². The zero-order valence-electron chi connectivity index (χ0n) is 7.99. The van der Waals surface area contributed by atoms with Gasteiger partial charge < -0.3 is 4.74 Å². The van der Waals surface area contributed by atoms with Crippen LogP contribution < -0.4 is 4.74 Å². The Bertz CT molecular complexity index is 349. The summed E-state index contributed by atoms with van der Waals surface area (Å²) < 4.78 is 5.11. The molecule has 0 atom stereocenters. The Morgan fingerprint density at radius 3 is 2.93 bits per heavy atom. The maximum Gasteiger partial charge on any atom is 0.180 e. The van der Waals surface area contributed by atoms with Crippen molar-refractivity contribution < 1.29 is 9.53 Å². The fourth-order valence-corrected chi connectivity index (χ4v) is 0.937. The van der Waals surface area contributed by atoms with E-state index in [9.17, 15) is 4.79 Å². The highest BCUT2D eigenvalue weighted by Crippen LogP contribution is 2.09. The van der Waals surface area contributed by atoms with Gasteiger partial charge in [-0.15, -0.1) is 6.42 Å². The molecule has 1 aromatic heterocycles. The van der Waals surface area contributed by atoms with Gasteiger partial charge in [-0.3, -0.25) is 4.79 Å². The summed E-state index contributed by atoms with van der Waals surface area (Å²) in [6.07, 6.45) is 6.98. The van der Waals surface area contributed by atoms with Crippen molar-refractivity contribution in [2.45, 2.75) is 13.3 Å². The summed E-state index contributed by atoms with van der Waals surface area (Å²) in [5.74, 6) is 2.95. The van der Waals surface area contributed by atoms with Crippen LogP contribution in [0.4, 0.5) is 0 Å². The third-order valence-corrected chi connectivity index (χ3v) is 1.67. The lowest BCUT2D eigenvalue weighted by molar-refractivity contribution is 0.0983. The Kier molecular flexibility index (Phi) is 3.69. The molecule has 0 unspecified atom stereocenters. The number of ether oxygens (including phenoxy) is 1. The first-order chi connectivity index (χ1) is 6.77. The number of pyridine rings is 1. The lowest BCUT2D eigenvalue weighted by Gasteiger charge is -2.01. The third kappa shape index (κ3) is 2.60. The summed E-state index contributed by atoms with van der Waals surface area (Å²) in [5, 5.41) is 0. The molecule has 0 bridgehead atoms. The van der Waals surface area contributed by atoms with Gasteiger partial charge in [0.1, 0.15) is 18.1 Å². The van der Waals surface area contributed by atoms with Gasteiger partial charge in [0, 0.05) is 6.42 Å². The summed E-state index contributed by atoms with van der Waals surface area (Å²) in [7, 11) is 0. The molecule has 3 nitrogen and oxygen atoms in total. The Morgan fingerprint density at radius 2 is 2.43 bits per heavy atom. The molecule has 0 N–H and O–H groups in total. The Labute approximate surface area is 83.1 Å². The second-order valence-corrected chi connectivity index (χ2v) is 2.65. The fraction of sp³-hybridized carbons (Fsp3) is 0.273. The molecule has 0 saturated carbocycles. The van der Waals surface area contributed by atoms with Crippen LogP contribution in [0.15, 0.2) is 18.3 Å². The number of terminal acetylenes is 1. The number of hydrogen-bond donors (Lipinski definition) is 0. The smallest absolute Gasteiger partial charge is 0.180 e. The minimum atomic E-state index is 0.0218. The number of Topliss-reactive ketones (excluding diaryl/α,β-unsaturated/α-hetero) is 1. The monoisotopic (exact) mass is 189 g/mol. The predicted molar refractivity (Wildman–Crippen MR) is 53.2 cm³/mol. The molecule has 0 aliphatic carbocycles. The summed E-state index contributed by atoms with van der Waals surface area (Å²) >= 11 is 0. The van der Waals surface area contributed by atoms with Crippen LogP contribution in [0.5, 0.6) is 5.75 Å². The average Bonchev–Trinajstić information content (AvgIpc) is 2.26. The van der Waals surface area contributed by atoms with Crippen molar-refractivity contribution in [3.63, 3.8) is 0 Å². The molecule has 0 aromatic carbocycles. The van der Waals surface area contributed by atoms with Gasteiger partial charge in [-0.05, 0) is 12.1 Å². The van der Waals surface area contributed by atoms with E-state index in [0.29, 0.717) is 17.9 Å². The minimum Gasteiger partial charge on any atom is -0.479 e. The zero-order valence-corrected chi connectivity index (χ0v) is 7.99.